The number of β-amino-alcohol motifs (C(OH)–C–C–N with tert-alkyl or cyclic N) is 1. The van der Waals surface area contributed by atoms with Gasteiger partial charge >= 0.3 is 0 Å². The van der Waals surface area contributed by atoms with Gasteiger partial charge in [-0.3, -0.25) is 4.31 Å². The molecule has 0 amide bonds. The van der Waals surface area contributed by atoms with Crippen LogP contribution in [0.4, 0.5) is 32.3 Å². The second-order valence-corrected chi connectivity index (χ2v) is 7.31. The highest BCUT2D eigenvalue weighted by Crippen LogP contribution is 2.35. The summed E-state index contributed by atoms with van der Waals surface area (Å²) in [6.07, 6.45) is -0.692. The number of fused-ring (bicyclic) bond motifs is 1. The van der Waals surface area contributed by atoms with Crippen LogP contribution in [0.15, 0.2) is 18.3 Å². The van der Waals surface area contributed by atoms with Crippen molar-refractivity contribution in [3.8, 4) is 11.3 Å². The summed E-state index contributed by atoms with van der Waals surface area (Å²) < 4.78 is 83.4. The normalized spacial score (nSPS) is 17.1. The number of nitrogens with two attached hydrogens (primary N) is 1. The van der Waals surface area contributed by atoms with Crippen LogP contribution in [0.3, 0.4) is 0 Å². The molecule has 3 aromatic rings. The van der Waals surface area contributed by atoms with Crippen molar-refractivity contribution in [2.75, 3.05) is 18.8 Å². The topological polar surface area (TPSA) is 79.7 Å². The fourth-order valence-electron chi connectivity index (χ4n) is 3.12. The number of rotatable bonds is 2. The van der Waals surface area contributed by atoms with Gasteiger partial charge in [0.15, 0.2) is 5.82 Å². The Bertz CT molecular complexity index is 1090. The molecule has 1 aliphatic heterocycles. The number of piperidine rings is 1. The molecular weight excluding hydrogens is 448 g/mol. The average molecular weight is 465 g/mol. The van der Waals surface area contributed by atoms with Gasteiger partial charge in [-0.25, -0.2) is 35.8 Å². The molecular formula is C18H17F6N5OS. The highest BCUT2D eigenvalue weighted by atomic mass is 32.1. The Morgan fingerprint density at radius 1 is 1.13 bits per heavy atom. The van der Waals surface area contributed by atoms with E-state index in [0.717, 1.165) is 32.1 Å². The molecule has 1 saturated heterocycles. The minimum absolute atomic E-state index is 0.0990. The average Bonchev–Trinajstić information content (AvgIpc) is 2.97. The number of anilines is 1. The van der Waals surface area contributed by atoms with Gasteiger partial charge in [0, 0.05) is 25.2 Å². The Kier molecular flexibility index (Phi) is 6.96. The van der Waals surface area contributed by atoms with Gasteiger partial charge in [-0.15, -0.1) is 5.10 Å². The summed E-state index contributed by atoms with van der Waals surface area (Å²) in [6.45, 7) is 1.74. The molecule has 3 N–H and O–H groups in total. The molecule has 0 spiro atoms. The van der Waals surface area contributed by atoms with E-state index in [1.807, 2.05) is 4.31 Å². The minimum atomic E-state index is -3.52. The molecule has 1 unspecified atom stereocenters. The summed E-state index contributed by atoms with van der Waals surface area (Å²) in [5.74, 6) is -6.36. The number of hydrogen-bond acceptors (Lipinski definition) is 6. The van der Waals surface area contributed by atoms with Crippen LogP contribution in [0.5, 0.6) is 0 Å². The van der Waals surface area contributed by atoms with Crippen molar-refractivity contribution in [2.45, 2.75) is 25.4 Å². The first-order valence-electron chi connectivity index (χ1n) is 8.97. The third-order valence-electron chi connectivity index (χ3n) is 4.54. The van der Waals surface area contributed by atoms with E-state index in [4.69, 9.17) is 10.8 Å². The molecule has 6 nitrogen and oxygen atoms in total. The van der Waals surface area contributed by atoms with Crippen molar-refractivity contribution in [1.82, 2.24) is 18.9 Å². The number of nitrogens with zero attached hydrogens (tertiary/aromatic N) is 4. The Balaban J connectivity index is 0.000000287. The second kappa shape index (κ2) is 9.32. The van der Waals surface area contributed by atoms with E-state index < -0.39 is 46.5 Å². The quantitative estimate of drug-likeness (QED) is 0.397. The first kappa shape index (κ1) is 23.2. The Hall–Kier alpha value is -2.51. The molecule has 0 aliphatic carbocycles. The fourth-order valence-corrected chi connectivity index (χ4v) is 3.45. The zero-order valence-corrected chi connectivity index (χ0v) is 16.6. The monoisotopic (exact) mass is 465 g/mol. The molecule has 1 fully saturated rings. The van der Waals surface area contributed by atoms with Gasteiger partial charge < -0.3 is 10.8 Å². The lowest BCUT2D eigenvalue weighted by atomic mass is 10.1. The number of aromatic nitrogens is 3. The van der Waals surface area contributed by atoms with E-state index >= 15 is 0 Å². The minimum Gasteiger partial charge on any atom is -0.392 e. The maximum atomic E-state index is 14.2. The van der Waals surface area contributed by atoms with Gasteiger partial charge in [-0.05, 0) is 12.8 Å². The number of benzene rings is 1. The van der Waals surface area contributed by atoms with E-state index in [9.17, 15) is 26.3 Å². The summed E-state index contributed by atoms with van der Waals surface area (Å²) in [6, 6.07) is 0.764. The predicted octanol–water partition coefficient (Wildman–Crippen LogP) is 3.76. The summed E-state index contributed by atoms with van der Waals surface area (Å²) in [7, 11) is 0. The van der Waals surface area contributed by atoms with Crippen molar-refractivity contribution in [2.24, 2.45) is 0 Å². The maximum absolute atomic E-state index is 14.2. The molecule has 3 heterocycles. The number of hydrogen-bond donors (Lipinski definition) is 3. The molecule has 1 atom stereocenters. The van der Waals surface area contributed by atoms with Crippen molar-refractivity contribution < 1.29 is 31.4 Å². The van der Waals surface area contributed by atoms with Crippen LogP contribution >= 0.6 is 12.8 Å². The highest BCUT2D eigenvalue weighted by molar-refractivity contribution is 7.77. The molecule has 1 aromatic carbocycles. The number of aliphatic hydroxyl groups excluding tert-OH is 1. The predicted molar refractivity (Wildman–Crippen MR) is 103 cm³/mol. The fraction of sp³-hybridized carbons (Fsp3) is 0.333. The number of thiol groups is 1. The van der Waals surface area contributed by atoms with Crippen LogP contribution in [0.25, 0.3) is 16.8 Å². The van der Waals surface area contributed by atoms with Gasteiger partial charge in [0.25, 0.3) is 6.43 Å². The lowest BCUT2D eigenvalue weighted by Crippen LogP contribution is -2.31. The molecule has 2 aromatic heterocycles. The van der Waals surface area contributed by atoms with Gasteiger partial charge in [0.05, 0.1) is 29.1 Å². The molecule has 0 saturated carbocycles. The molecule has 168 valence electrons. The Labute approximate surface area is 177 Å². The van der Waals surface area contributed by atoms with E-state index in [-0.39, 0.29) is 23.6 Å². The Morgan fingerprint density at radius 2 is 1.84 bits per heavy atom. The van der Waals surface area contributed by atoms with E-state index in [2.05, 4.69) is 22.9 Å². The van der Waals surface area contributed by atoms with Crippen LogP contribution in [0, 0.1) is 23.3 Å². The molecule has 4 rings (SSSR count). The van der Waals surface area contributed by atoms with Crippen molar-refractivity contribution >= 4 is 24.3 Å². The third kappa shape index (κ3) is 4.88. The summed E-state index contributed by atoms with van der Waals surface area (Å²) >= 11 is 4.09. The smallest absolute Gasteiger partial charge is 0.269 e. The summed E-state index contributed by atoms with van der Waals surface area (Å²) in [5, 5.41) is 12.6. The number of alkyl halides is 2. The SMILES string of the molecule is Nc1ncc2c(F)cc(-c3c(F)cc(F)c(C(F)F)c3F)n2n1.OC1CCCN(S)C1. The molecule has 0 radical (unpaired) electrons. The molecule has 0 bridgehead atoms. The third-order valence-corrected chi connectivity index (χ3v) is 4.90. The lowest BCUT2D eigenvalue weighted by molar-refractivity contribution is 0.113. The first-order valence-corrected chi connectivity index (χ1v) is 9.37. The largest absolute Gasteiger partial charge is 0.392 e. The lowest BCUT2D eigenvalue weighted by Gasteiger charge is -2.24. The number of aliphatic hydroxyl groups is 1. The second-order valence-electron chi connectivity index (χ2n) is 6.74. The van der Waals surface area contributed by atoms with Gasteiger partial charge in [0.2, 0.25) is 5.95 Å². The van der Waals surface area contributed by atoms with Crippen LogP contribution < -0.4 is 5.73 Å². The Morgan fingerprint density at radius 3 is 2.42 bits per heavy atom. The van der Waals surface area contributed by atoms with Crippen LogP contribution in [0.2, 0.25) is 0 Å². The standard InChI is InChI=1S/C13H6F6N4.C5H11NOS/c14-4-2-7(23-8(4)3-21-13(20)22-23)9-5(15)1-6(16)10(11(9)17)12(18)19;7-5-2-1-3-6(8)4-5/h1-3,12H,(H2,20,22);5,7-8H,1-4H2. The van der Waals surface area contributed by atoms with Crippen molar-refractivity contribution in [3.05, 3.63) is 47.2 Å². The van der Waals surface area contributed by atoms with Crippen molar-refractivity contribution in [1.29, 1.82) is 0 Å². The van der Waals surface area contributed by atoms with E-state index in [0.29, 0.717) is 10.6 Å². The van der Waals surface area contributed by atoms with Gasteiger partial charge in [-0.2, -0.15) is 0 Å². The zero-order valence-electron chi connectivity index (χ0n) is 15.7. The van der Waals surface area contributed by atoms with E-state index in [1.165, 1.54) is 0 Å². The molecule has 13 heteroatoms. The molecule has 31 heavy (non-hydrogen) atoms. The van der Waals surface area contributed by atoms with Crippen molar-refractivity contribution in [3.63, 3.8) is 0 Å². The number of nitrogen functional groups attached to an aromatic ring is 1. The zero-order chi connectivity index (χ0) is 22.9. The summed E-state index contributed by atoms with van der Waals surface area (Å²) in [5.41, 5.74) is 1.85. The summed E-state index contributed by atoms with van der Waals surface area (Å²) in [4.78, 5) is 3.52. The van der Waals surface area contributed by atoms with Gasteiger partial charge in [0.1, 0.15) is 23.0 Å². The van der Waals surface area contributed by atoms with Gasteiger partial charge in [-0.1, -0.05) is 12.8 Å². The highest BCUT2D eigenvalue weighted by Gasteiger charge is 2.28. The van der Waals surface area contributed by atoms with Crippen LogP contribution in [0.1, 0.15) is 24.8 Å². The number of halogens is 6. The van der Waals surface area contributed by atoms with Crippen LogP contribution in [-0.4, -0.2) is 43.2 Å². The van der Waals surface area contributed by atoms with Crippen LogP contribution in [-0.2, 0) is 0 Å². The maximum Gasteiger partial charge on any atom is 0.269 e. The van der Waals surface area contributed by atoms with E-state index in [1.54, 1.807) is 0 Å². The molecule has 1 aliphatic rings. The first-order chi connectivity index (χ1) is 14.6.